The van der Waals surface area contributed by atoms with Crippen LogP contribution in [-0.2, 0) is 13.4 Å². The van der Waals surface area contributed by atoms with Crippen LogP contribution in [-0.4, -0.2) is 68.3 Å². The molecule has 0 aromatic carbocycles. The second-order valence-electron chi connectivity index (χ2n) is 1.06. The molecule has 9 nitrogen and oxygen atoms in total. The van der Waals surface area contributed by atoms with E-state index < -0.39 is 15.6 Å². The normalized spacial score (nSPS) is 8.86. The topological polar surface area (TPSA) is 187 Å². The average Bonchev–Trinajstić information content (AvgIpc) is 1.14. The monoisotopic (exact) mass is 328 g/mol. The predicted octanol–water partition coefficient (Wildman–Crippen LogP) is -2.53. The van der Waals surface area contributed by atoms with Gasteiger partial charge in [-0.15, -0.1) is 24.8 Å². The number of phosphoric acid groups is 2. The van der Waals surface area contributed by atoms with E-state index in [2.05, 4.69) is 4.31 Å². The van der Waals surface area contributed by atoms with E-state index >= 15 is 0 Å². The Morgan fingerprint density at radius 2 is 0.929 bits per heavy atom. The molecule has 0 fully saturated rings. The van der Waals surface area contributed by atoms with E-state index in [1.165, 1.54) is 0 Å². The van der Waals surface area contributed by atoms with E-state index in [-0.39, 0.29) is 73.5 Å². The molecule has 0 atom stereocenters. The molecule has 8 N–H and O–H groups in total. The van der Waals surface area contributed by atoms with Crippen molar-refractivity contribution < 1.29 is 44.0 Å². The van der Waals surface area contributed by atoms with Gasteiger partial charge in [0, 0.05) is 0 Å². The third-order valence-electron chi connectivity index (χ3n) is 0.213. The second kappa shape index (κ2) is 13.1. The summed E-state index contributed by atoms with van der Waals surface area (Å²) in [6.07, 6.45) is 0. The van der Waals surface area contributed by atoms with Crippen molar-refractivity contribution in [1.29, 1.82) is 0 Å². The Balaban J connectivity index is -0.0000000320. The molecule has 0 aliphatic carbocycles. The molecule has 0 aromatic rings. The third-order valence-corrected chi connectivity index (χ3v) is 1.91. The summed E-state index contributed by atoms with van der Waals surface area (Å²) in [4.78, 5) is 31.0. The first-order valence-electron chi connectivity index (χ1n) is 1.53. The van der Waals surface area contributed by atoms with E-state index in [0.29, 0.717) is 0 Å². The van der Waals surface area contributed by atoms with Gasteiger partial charge < -0.3 is 30.5 Å². The van der Waals surface area contributed by atoms with Crippen LogP contribution < -0.4 is 0 Å². The molecular formula is H12CaCl2O9P2. The molecule has 0 bridgehead atoms. The number of halogens is 2. The Hall–Kier alpha value is 2.02. The summed E-state index contributed by atoms with van der Waals surface area (Å²) in [5, 5.41) is 0. The number of rotatable bonds is 2. The molecule has 92 valence electrons. The van der Waals surface area contributed by atoms with Crippen molar-refractivity contribution in [2.24, 2.45) is 0 Å². The minimum atomic E-state index is -5.05. The summed E-state index contributed by atoms with van der Waals surface area (Å²) in [6, 6.07) is 0. The van der Waals surface area contributed by atoms with Gasteiger partial charge in [-0.3, -0.25) is 0 Å². The summed E-state index contributed by atoms with van der Waals surface area (Å²) in [5.41, 5.74) is 0. The third kappa shape index (κ3) is 37.0. The van der Waals surface area contributed by atoms with Crippen LogP contribution in [0, 0.1) is 0 Å². The van der Waals surface area contributed by atoms with Gasteiger partial charge in [0.25, 0.3) is 0 Å². The van der Waals surface area contributed by atoms with Gasteiger partial charge in [0.05, 0.1) is 0 Å². The Kier molecular flexibility index (Phi) is 33.6. The van der Waals surface area contributed by atoms with Gasteiger partial charge in [0.2, 0.25) is 0 Å². The molecule has 14 heteroatoms. The van der Waals surface area contributed by atoms with Gasteiger partial charge in [-0.05, 0) is 0 Å². The molecular weight excluding hydrogens is 317 g/mol. The Bertz CT molecular complexity index is 161. The van der Waals surface area contributed by atoms with Crippen LogP contribution in [0.3, 0.4) is 0 Å². The number of hydrogen-bond acceptors (Lipinski definition) is 3. The first-order valence-corrected chi connectivity index (χ1v) is 4.59. The maximum absolute atomic E-state index is 9.63. The zero-order valence-corrected chi connectivity index (χ0v) is 9.15. The maximum atomic E-state index is 9.63. The fourth-order valence-corrected chi connectivity index (χ4v) is 1.25. The van der Waals surface area contributed by atoms with Gasteiger partial charge in [-0.2, -0.15) is 4.31 Å². The van der Waals surface area contributed by atoms with E-state index in [1.54, 1.807) is 0 Å². The van der Waals surface area contributed by atoms with Crippen LogP contribution in [0.15, 0.2) is 0 Å². The zero-order valence-electron chi connectivity index (χ0n) is 5.72. The van der Waals surface area contributed by atoms with Crippen LogP contribution >= 0.6 is 40.5 Å². The van der Waals surface area contributed by atoms with Gasteiger partial charge in [-0.1, -0.05) is 0 Å². The molecule has 0 rings (SSSR count). The van der Waals surface area contributed by atoms with Crippen molar-refractivity contribution >= 4 is 78.2 Å². The molecule has 0 unspecified atom stereocenters. The van der Waals surface area contributed by atoms with E-state index in [1.807, 2.05) is 0 Å². The van der Waals surface area contributed by atoms with Crippen molar-refractivity contribution in [2.75, 3.05) is 0 Å². The molecule has 0 heterocycles. The number of hydrogen-bond donors (Lipinski definition) is 4. The molecule has 14 heavy (non-hydrogen) atoms. The van der Waals surface area contributed by atoms with Gasteiger partial charge in [0.15, 0.2) is 0 Å². The van der Waals surface area contributed by atoms with Crippen LogP contribution in [0.5, 0.6) is 0 Å². The van der Waals surface area contributed by atoms with Crippen molar-refractivity contribution in [3.63, 3.8) is 0 Å². The van der Waals surface area contributed by atoms with Gasteiger partial charge in [-0.25, -0.2) is 9.13 Å². The van der Waals surface area contributed by atoms with Gasteiger partial charge in [0.1, 0.15) is 0 Å². The Morgan fingerprint density at radius 3 is 0.929 bits per heavy atom. The zero-order chi connectivity index (χ0) is 7.71. The van der Waals surface area contributed by atoms with Crippen LogP contribution in [0.2, 0.25) is 0 Å². The van der Waals surface area contributed by atoms with E-state index in [0.717, 1.165) is 0 Å². The standard InChI is InChI=1S/Ca.2ClH.H4O7P2.2H2O.2H/c;;;1-8(2,3)7-9(4,5)6;;;;/h;2*1H;(H2,1,2,3)(H2,4,5,6);2*1H2;;. The van der Waals surface area contributed by atoms with E-state index in [9.17, 15) is 9.13 Å². The van der Waals surface area contributed by atoms with Crippen molar-refractivity contribution in [3.05, 3.63) is 0 Å². The molecule has 0 aromatic heterocycles. The van der Waals surface area contributed by atoms with Gasteiger partial charge >= 0.3 is 53.4 Å². The summed E-state index contributed by atoms with van der Waals surface area (Å²) in [6.45, 7) is 0. The van der Waals surface area contributed by atoms with Crippen molar-refractivity contribution in [2.45, 2.75) is 0 Å². The molecule has 0 aliphatic heterocycles. The molecule has 0 radical (unpaired) electrons. The van der Waals surface area contributed by atoms with Crippen molar-refractivity contribution in [3.8, 4) is 0 Å². The van der Waals surface area contributed by atoms with E-state index in [4.69, 9.17) is 19.6 Å². The molecule has 0 amide bonds. The second-order valence-corrected chi connectivity index (χ2v) is 3.68. The van der Waals surface area contributed by atoms with Crippen LogP contribution in [0.25, 0.3) is 0 Å². The first kappa shape index (κ1) is 36.0. The van der Waals surface area contributed by atoms with Crippen LogP contribution in [0.1, 0.15) is 0 Å². The quantitative estimate of drug-likeness (QED) is 0.317. The first-order chi connectivity index (χ1) is 3.71. The Morgan fingerprint density at radius 1 is 0.786 bits per heavy atom. The predicted molar refractivity (Wildman–Crippen MR) is 55.4 cm³/mol. The minimum absolute atomic E-state index is 0. The summed E-state index contributed by atoms with van der Waals surface area (Å²) >= 11 is 0. The molecule has 0 saturated carbocycles. The SMILES string of the molecule is Cl.Cl.O.O.O=P(O)(O)OP(=O)(O)O.[CaH2]. The van der Waals surface area contributed by atoms with Crippen molar-refractivity contribution in [1.82, 2.24) is 0 Å². The summed E-state index contributed by atoms with van der Waals surface area (Å²) in [5.74, 6) is 0. The fraction of sp³-hybridized carbons (Fsp3) is 0. The summed E-state index contributed by atoms with van der Waals surface area (Å²) < 4.78 is 22.2. The summed E-state index contributed by atoms with van der Waals surface area (Å²) in [7, 11) is -10.1. The van der Waals surface area contributed by atoms with Crippen LogP contribution in [0.4, 0.5) is 0 Å². The molecule has 0 aliphatic rings. The Labute approximate surface area is 121 Å². The fourth-order valence-electron chi connectivity index (χ4n) is 0.139. The molecule has 0 saturated heterocycles. The molecule has 0 spiro atoms. The average molecular weight is 329 g/mol.